The molecule has 0 aliphatic carbocycles. The number of aromatic nitrogens is 5. The van der Waals surface area contributed by atoms with Crippen LogP contribution in [0.2, 0.25) is 0 Å². The first kappa shape index (κ1) is 19.4. The Kier molecular flexibility index (Phi) is 5.91. The molecule has 3 aromatic heterocycles. The van der Waals surface area contributed by atoms with Gasteiger partial charge < -0.3 is 5.32 Å². The summed E-state index contributed by atoms with van der Waals surface area (Å²) in [5.74, 6) is -3.19. The van der Waals surface area contributed by atoms with Gasteiger partial charge in [0, 0.05) is 36.8 Å². The first-order valence-corrected chi connectivity index (χ1v) is 8.23. The molecule has 1 amide bonds. The van der Waals surface area contributed by atoms with Crippen LogP contribution in [-0.2, 0) is 17.1 Å². The van der Waals surface area contributed by atoms with E-state index in [0.717, 1.165) is 18.0 Å². The molecule has 0 aromatic carbocycles. The molecule has 26 heavy (non-hydrogen) atoms. The van der Waals surface area contributed by atoms with Crippen LogP contribution in [0.1, 0.15) is 39.2 Å². The molecule has 0 unspecified atom stereocenters. The summed E-state index contributed by atoms with van der Waals surface area (Å²) in [6.45, 7) is 6.66. The van der Waals surface area contributed by atoms with Gasteiger partial charge in [0.05, 0.1) is 11.2 Å². The van der Waals surface area contributed by atoms with Crippen LogP contribution in [0.15, 0.2) is 24.5 Å². The number of rotatable bonds is 5. The second-order valence-corrected chi connectivity index (χ2v) is 5.19. The minimum Gasteiger partial charge on any atom is -0.313 e. The number of aryl methyl sites for hydroxylation is 1. The highest BCUT2D eigenvalue weighted by Gasteiger charge is 2.28. The number of nitrogens with zero attached hydrogens (tertiary/aromatic N) is 5. The van der Waals surface area contributed by atoms with Gasteiger partial charge in [0.1, 0.15) is 5.82 Å². The number of nitrogens with one attached hydrogen (secondary N) is 1. The summed E-state index contributed by atoms with van der Waals surface area (Å²) in [7, 11) is 0. The van der Waals surface area contributed by atoms with Crippen LogP contribution in [0.25, 0.3) is 16.7 Å². The Balaban J connectivity index is 0.00000117. The van der Waals surface area contributed by atoms with E-state index in [4.69, 9.17) is 0 Å². The molecule has 1 N–H and O–H groups in total. The lowest BCUT2D eigenvalue weighted by Crippen LogP contribution is -2.14. The third-order valence-electron chi connectivity index (χ3n) is 3.43. The number of amides is 1. The number of hydrogen-bond donors (Lipinski definition) is 1. The van der Waals surface area contributed by atoms with E-state index in [1.165, 1.54) is 16.9 Å². The summed E-state index contributed by atoms with van der Waals surface area (Å²) in [4.78, 5) is 22.3. The molecule has 0 aliphatic rings. The highest BCUT2D eigenvalue weighted by atomic mass is 19.3. The van der Waals surface area contributed by atoms with Crippen LogP contribution in [0.4, 0.5) is 14.6 Å². The number of anilines is 1. The first-order valence-electron chi connectivity index (χ1n) is 8.23. The third-order valence-corrected chi connectivity index (χ3v) is 3.43. The molecule has 0 spiro atoms. The van der Waals surface area contributed by atoms with E-state index >= 15 is 0 Å². The van der Waals surface area contributed by atoms with E-state index in [-0.39, 0.29) is 5.82 Å². The number of alkyl halides is 2. The zero-order valence-corrected chi connectivity index (χ0v) is 15.0. The average Bonchev–Trinajstić information content (AvgIpc) is 3.01. The number of halogens is 2. The fourth-order valence-electron chi connectivity index (χ4n) is 2.32. The quantitative estimate of drug-likeness (QED) is 0.702. The fraction of sp³-hybridized carbons (Fsp3) is 0.353. The van der Waals surface area contributed by atoms with Crippen LogP contribution in [0.3, 0.4) is 0 Å². The minimum absolute atomic E-state index is 0.217. The summed E-state index contributed by atoms with van der Waals surface area (Å²) >= 11 is 0. The lowest BCUT2D eigenvalue weighted by Gasteiger charge is -2.10. The zero-order valence-electron chi connectivity index (χ0n) is 15.0. The van der Waals surface area contributed by atoms with E-state index in [9.17, 15) is 13.6 Å². The van der Waals surface area contributed by atoms with Gasteiger partial charge in [-0.2, -0.15) is 13.9 Å². The second-order valence-electron chi connectivity index (χ2n) is 5.19. The molecule has 0 saturated carbocycles. The van der Waals surface area contributed by atoms with Crippen molar-refractivity contribution >= 4 is 23.1 Å². The van der Waals surface area contributed by atoms with Crippen molar-refractivity contribution in [2.45, 2.75) is 40.0 Å². The standard InChI is InChI=1S/C15H14F2N6O.C2H6/c1-3-10-9-7-19-12(20-8-24)6-11(9)23(22-10)13-4-5-18-14(21-13)15(2,16)17;1-2/h4-8H,3H2,1-2H3,(H,19,20,24);1-2H3. The lowest BCUT2D eigenvalue weighted by atomic mass is 10.2. The van der Waals surface area contributed by atoms with Gasteiger partial charge in [-0.15, -0.1) is 0 Å². The summed E-state index contributed by atoms with van der Waals surface area (Å²) in [6, 6.07) is 3.11. The van der Waals surface area contributed by atoms with E-state index in [0.29, 0.717) is 24.2 Å². The molecule has 9 heteroatoms. The van der Waals surface area contributed by atoms with E-state index < -0.39 is 11.7 Å². The van der Waals surface area contributed by atoms with Crippen LogP contribution in [0, 0.1) is 0 Å². The van der Waals surface area contributed by atoms with Crippen molar-refractivity contribution in [3.63, 3.8) is 0 Å². The van der Waals surface area contributed by atoms with Gasteiger partial charge in [0.2, 0.25) is 12.2 Å². The largest absolute Gasteiger partial charge is 0.313 e. The van der Waals surface area contributed by atoms with Crippen molar-refractivity contribution in [2.75, 3.05) is 5.32 Å². The molecular weight excluding hydrogens is 342 g/mol. The highest BCUT2D eigenvalue weighted by molar-refractivity contribution is 5.86. The Morgan fingerprint density at radius 1 is 1.31 bits per heavy atom. The third kappa shape index (κ3) is 3.81. The number of carbonyl (C=O) groups excluding carboxylic acids is 1. The normalized spacial score (nSPS) is 11.0. The highest BCUT2D eigenvalue weighted by Crippen LogP contribution is 2.26. The monoisotopic (exact) mass is 362 g/mol. The van der Waals surface area contributed by atoms with Gasteiger partial charge in [-0.05, 0) is 6.42 Å². The lowest BCUT2D eigenvalue weighted by molar-refractivity contribution is -0.105. The number of carbonyl (C=O) groups is 1. The maximum Gasteiger partial charge on any atom is 0.303 e. The van der Waals surface area contributed by atoms with Gasteiger partial charge in [-0.3, -0.25) is 4.79 Å². The molecule has 0 aliphatic heterocycles. The van der Waals surface area contributed by atoms with Crippen LogP contribution in [-0.4, -0.2) is 31.1 Å². The SMILES string of the molecule is CC.CCc1nn(-c2ccnc(C(C)(F)F)n2)c2cc(NC=O)ncc12. The Morgan fingerprint density at radius 3 is 2.65 bits per heavy atom. The fourth-order valence-corrected chi connectivity index (χ4v) is 2.32. The first-order chi connectivity index (χ1) is 12.4. The molecule has 138 valence electrons. The van der Waals surface area contributed by atoms with Gasteiger partial charge in [-0.25, -0.2) is 19.6 Å². The van der Waals surface area contributed by atoms with Gasteiger partial charge in [0.15, 0.2) is 5.82 Å². The Labute approximate surface area is 149 Å². The molecule has 0 radical (unpaired) electrons. The molecule has 0 saturated heterocycles. The molecule has 3 rings (SSSR count). The molecule has 0 fully saturated rings. The van der Waals surface area contributed by atoms with E-state index in [2.05, 4.69) is 25.4 Å². The van der Waals surface area contributed by atoms with Crippen molar-refractivity contribution in [3.8, 4) is 5.82 Å². The number of hydrogen-bond acceptors (Lipinski definition) is 5. The van der Waals surface area contributed by atoms with E-state index in [1.807, 2.05) is 20.8 Å². The minimum atomic E-state index is -3.15. The molecular formula is C17H20F2N6O. The predicted octanol–water partition coefficient (Wildman–Crippen LogP) is 3.48. The zero-order chi connectivity index (χ0) is 19.3. The maximum absolute atomic E-state index is 13.5. The summed E-state index contributed by atoms with van der Waals surface area (Å²) < 4.78 is 28.4. The number of fused-ring (bicyclic) bond motifs is 1. The topological polar surface area (TPSA) is 85.6 Å². The summed E-state index contributed by atoms with van der Waals surface area (Å²) in [5.41, 5.74) is 1.36. The Hall–Kier alpha value is -2.97. The molecule has 3 heterocycles. The molecule has 0 atom stereocenters. The molecule has 7 nitrogen and oxygen atoms in total. The Bertz CT molecular complexity index is 904. The van der Waals surface area contributed by atoms with Gasteiger partial charge >= 0.3 is 5.92 Å². The summed E-state index contributed by atoms with van der Waals surface area (Å²) in [6.07, 6.45) is 3.99. The van der Waals surface area contributed by atoms with Crippen molar-refractivity contribution in [1.82, 2.24) is 24.7 Å². The maximum atomic E-state index is 13.5. The van der Waals surface area contributed by atoms with Crippen molar-refractivity contribution in [2.24, 2.45) is 0 Å². The average molecular weight is 362 g/mol. The van der Waals surface area contributed by atoms with Crippen LogP contribution >= 0.6 is 0 Å². The summed E-state index contributed by atoms with van der Waals surface area (Å²) in [5, 5.41) is 7.65. The number of pyridine rings is 1. The van der Waals surface area contributed by atoms with Crippen molar-refractivity contribution in [3.05, 3.63) is 36.0 Å². The smallest absolute Gasteiger partial charge is 0.303 e. The molecule has 3 aromatic rings. The van der Waals surface area contributed by atoms with Crippen LogP contribution in [0.5, 0.6) is 0 Å². The van der Waals surface area contributed by atoms with Crippen LogP contribution < -0.4 is 5.32 Å². The van der Waals surface area contributed by atoms with Gasteiger partial charge in [-0.1, -0.05) is 20.8 Å². The van der Waals surface area contributed by atoms with E-state index in [1.54, 1.807) is 12.3 Å². The second kappa shape index (κ2) is 7.94. The Morgan fingerprint density at radius 2 is 2.04 bits per heavy atom. The van der Waals surface area contributed by atoms with Crippen molar-refractivity contribution < 1.29 is 13.6 Å². The van der Waals surface area contributed by atoms with Gasteiger partial charge in [0.25, 0.3) is 0 Å². The molecule has 0 bridgehead atoms. The predicted molar refractivity (Wildman–Crippen MR) is 94.4 cm³/mol. The van der Waals surface area contributed by atoms with Crippen molar-refractivity contribution in [1.29, 1.82) is 0 Å².